The van der Waals surface area contributed by atoms with Gasteiger partial charge in [-0.25, -0.2) is 0 Å². The van der Waals surface area contributed by atoms with E-state index in [1.807, 2.05) is 30.3 Å². The quantitative estimate of drug-likeness (QED) is 0.606. The van der Waals surface area contributed by atoms with Gasteiger partial charge in [0.05, 0.1) is 0 Å². The lowest BCUT2D eigenvalue weighted by molar-refractivity contribution is 0.480. The average Bonchev–Trinajstić information content (AvgIpc) is 2.47. The van der Waals surface area contributed by atoms with Crippen LogP contribution in [-0.4, -0.2) is 0 Å². The minimum Gasteiger partial charge on any atom is -0.457 e. The van der Waals surface area contributed by atoms with Crippen LogP contribution in [0.1, 0.15) is 45.7 Å². The van der Waals surface area contributed by atoms with Crippen LogP contribution >= 0.6 is 0 Å². The van der Waals surface area contributed by atoms with Crippen LogP contribution in [0.3, 0.4) is 0 Å². The van der Waals surface area contributed by atoms with Gasteiger partial charge in [-0.3, -0.25) is 0 Å². The summed E-state index contributed by atoms with van der Waals surface area (Å²) in [7, 11) is 0. The summed E-state index contributed by atoms with van der Waals surface area (Å²) in [6.07, 6.45) is 1.97. The Morgan fingerprint density at radius 1 is 0.727 bits per heavy atom. The third kappa shape index (κ3) is 3.79. The van der Waals surface area contributed by atoms with Gasteiger partial charge in [-0.15, -0.1) is 6.58 Å². The zero-order valence-electron chi connectivity index (χ0n) is 14.3. The van der Waals surface area contributed by atoms with Gasteiger partial charge in [0.15, 0.2) is 0 Å². The zero-order valence-corrected chi connectivity index (χ0v) is 14.3. The van der Waals surface area contributed by atoms with E-state index in [0.29, 0.717) is 0 Å². The molecule has 116 valence electrons. The number of hydrogen-bond donors (Lipinski definition) is 0. The standard InChI is InChI=1S/C21H26O/c1-7-21(5,6)17-10-14-19(15-11-17)22-18-12-8-16(9-13-18)20(2,3)4/h7-15H,1H2,2-6H3. The SMILES string of the molecule is C=CC(C)(C)c1ccc(Oc2ccc(C(C)(C)C)cc2)cc1. The van der Waals surface area contributed by atoms with Crippen LogP contribution in [0.2, 0.25) is 0 Å². The van der Waals surface area contributed by atoms with Gasteiger partial charge in [0.2, 0.25) is 0 Å². The maximum absolute atomic E-state index is 5.92. The lowest BCUT2D eigenvalue weighted by atomic mass is 9.85. The topological polar surface area (TPSA) is 9.23 Å². The minimum absolute atomic E-state index is 0.0209. The van der Waals surface area contributed by atoms with Crippen LogP contribution in [0.25, 0.3) is 0 Å². The third-order valence-corrected chi connectivity index (χ3v) is 4.06. The van der Waals surface area contributed by atoms with Crippen LogP contribution < -0.4 is 4.74 Å². The van der Waals surface area contributed by atoms with E-state index in [-0.39, 0.29) is 10.8 Å². The molecule has 0 N–H and O–H groups in total. The van der Waals surface area contributed by atoms with E-state index in [9.17, 15) is 0 Å². The monoisotopic (exact) mass is 294 g/mol. The first-order valence-electron chi connectivity index (χ1n) is 7.75. The highest BCUT2D eigenvalue weighted by Gasteiger charge is 2.16. The molecule has 1 nitrogen and oxygen atoms in total. The van der Waals surface area contributed by atoms with Crippen molar-refractivity contribution in [1.82, 2.24) is 0 Å². The summed E-state index contributed by atoms with van der Waals surface area (Å²) in [5, 5.41) is 0. The summed E-state index contributed by atoms with van der Waals surface area (Å²) in [6, 6.07) is 16.5. The van der Waals surface area contributed by atoms with Crippen molar-refractivity contribution >= 4 is 0 Å². The molecule has 22 heavy (non-hydrogen) atoms. The average molecular weight is 294 g/mol. The molecule has 0 aliphatic carbocycles. The molecule has 2 rings (SSSR count). The molecule has 0 fully saturated rings. The first kappa shape index (κ1) is 16.4. The largest absolute Gasteiger partial charge is 0.457 e. The van der Waals surface area contributed by atoms with Gasteiger partial charge in [0.25, 0.3) is 0 Å². The molecule has 0 spiro atoms. The van der Waals surface area contributed by atoms with E-state index in [2.05, 4.69) is 65.5 Å². The Kier molecular flexibility index (Phi) is 4.46. The van der Waals surface area contributed by atoms with Crippen molar-refractivity contribution in [2.24, 2.45) is 0 Å². The molecule has 0 unspecified atom stereocenters. The molecular formula is C21H26O. The maximum atomic E-state index is 5.92. The molecule has 2 aromatic carbocycles. The number of rotatable bonds is 4. The molecule has 0 radical (unpaired) electrons. The highest BCUT2D eigenvalue weighted by molar-refractivity contribution is 5.38. The van der Waals surface area contributed by atoms with E-state index in [0.717, 1.165) is 11.5 Å². The predicted molar refractivity (Wildman–Crippen MR) is 94.9 cm³/mol. The first-order valence-corrected chi connectivity index (χ1v) is 7.75. The molecule has 0 atom stereocenters. The van der Waals surface area contributed by atoms with Crippen LogP contribution in [-0.2, 0) is 10.8 Å². The summed E-state index contributed by atoms with van der Waals surface area (Å²) in [5.74, 6) is 1.72. The zero-order chi connectivity index (χ0) is 16.4. The Balaban J connectivity index is 2.13. The third-order valence-electron chi connectivity index (χ3n) is 4.06. The molecule has 0 heterocycles. The van der Waals surface area contributed by atoms with Gasteiger partial charge in [-0.05, 0) is 40.8 Å². The second-order valence-corrected chi connectivity index (χ2v) is 7.33. The van der Waals surface area contributed by atoms with Crippen molar-refractivity contribution in [2.75, 3.05) is 0 Å². The lowest BCUT2D eigenvalue weighted by Gasteiger charge is -2.21. The Morgan fingerprint density at radius 3 is 1.50 bits per heavy atom. The molecule has 0 bridgehead atoms. The molecule has 0 aromatic heterocycles. The van der Waals surface area contributed by atoms with Crippen molar-refractivity contribution in [1.29, 1.82) is 0 Å². The van der Waals surface area contributed by atoms with E-state index < -0.39 is 0 Å². The predicted octanol–water partition coefficient (Wildman–Crippen LogP) is 6.24. The summed E-state index contributed by atoms with van der Waals surface area (Å²) < 4.78 is 5.92. The fourth-order valence-electron chi connectivity index (χ4n) is 2.23. The van der Waals surface area contributed by atoms with Crippen molar-refractivity contribution in [3.63, 3.8) is 0 Å². The van der Waals surface area contributed by atoms with E-state index in [1.165, 1.54) is 11.1 Å². The van der Waals surface area contributed by atoms with Crippen molar-refractivity contribution < 1.29 is 4.74 Å². The Labute approximate surface area is 134 Å². The lowest BCUT2D eigenvalue weighted by Crippen LogP contribution is -2.12. The highest BCUT2D eigenvalue weighted by Crippen LogP contribution is 2.29. The molecule has 1 heteroatoms. The Hall–Kier alpha value is -2.02. The second kappa shape index (κ2) is 6.00. The molecule has 0 aliphatic rings. The van der Waals surface area contributed by atoms with Crippen LogP contribution in [0.4, 0.5) is 0 Å². The first-order chi connectivity index (χ1) is 10.2. The number of ether oxygens (including phenoxy) is 1. The van der Waals surface area contributed by atoms with Gasteiger partial charge in [-0.1, -0.05) is 65.0 Å². The van der Waals surface area contributed by atoms with Gasteiger partial charge >= 0.3 is 0 Å². The maximum Gasteiger partial charge on any atom is 0.127 e. The van der Waals surface area contributed by atoms with Gasteiger partial charge in [0.1, 0.15) is 11.5 Å². The smallest absolute Gasteiger partial charge is 0.127 e. The van der Waals surface area contributed by atoms with E-state index >= 15 is 0 Å². The summed E-state index contributed by atoms with van der Waals surface area (Å²) in [6.45, 7) is 14.8. The number of allylic oxidation sites excluding steroid dienone is 1. The second-order valence-electron chi connectivity index (χ2n) is 7.33. The van der Waals surface area contributed by atoms with Crippen LogP contribution in [0, 0.1) is 0 Å². The molecule has 0 saturated carbocycles. The van der Waals surface area contributed by atoms with Crippen LogP contribution in [0.15, 0.2) is 61.2 Å². The van der Waals surface area contributed by atoms with Gasteiger partial charge in [-0.2, -0.15) is 0 Å². The van der Waals surface area contributed by atoms with E-state index in [1.54, 1.807) is 0 Å². The fraction of sp³-hybridized carbons (Fsp3) is 0.333. The van der Waals surface area contributed by atoms with Crippen molar-refractivity contribution in [3.05, 3.63) is 72.3 Å². The molecule has 2 aromatic rings. The number of benzene rings is 2. The van der Waals surface area contributed by atoms with Gasteiger partial charge < -0.3 is 4.74 Å². The summed E-state index contributed by atoms with van der Waals surface area (Å²) >= 11 is 0. The van der Waals surface area contributed by atoms with Crippen molar-refractivity contribution in [2.45, 2.75) is 45.4 Å². The van der Waals surface area contributed by atoms with E-state index in [4.69, 9.17) is 4.74 Å². The van der Waals surface area contributed by atoms with Gasteiger partial charge in [0, 0.05) is 5.41 Å². The number of hydrogen-bond acceptors (Lipinski definition) is 1. The fourth-order valence-corrected chi connectivity index (χ4v) is 2.23. The molecule has 0 aliphatic heterocycles. The van der Waals surface area contributed by atoms with Crippen LogP contribution in [0.5, 0.6) is 11.5 Å². The minimum atomic E-state index is -0.0209. The Bertz CT molecular complexity index is 625. The molecule has 0 amide bonds. The summed E-state index contributed by atoms with van der Waals surface area (Å²) in [5.41, 5.74) is 2.68. The normalized spacial score (nSPS) is 12.0. The Morgan fingerprint density at radius 2 is 1.14 bits per heavy atom. The summed E-state index contributed by atoms with van der Waals surface area (Å²) in [4.78, 5) is 0. The molecular weight excluding hydrogens is 268 g/mol. The van der Waals surface area contributed by atoms with Crippen molar-refractivity contribution in [3.8, 4) is 11.5 Å². The molecule has 0 saturated heterocycles. The highest BCUT2D eigenvalue weighted by atomic mass is 16.5.